The van der Waals surface area contributed by atoms with Crippen molar-refractivity contribution in [3.05, 3.63) is 30.1 Å². The molecular weight excluding hydrogens is 253 g/mol. The summed E-state index contributed by atoms with van der Waals surface area (Å²) < 4.78 is 18.7. The SMILES string of the molecule is O=C(CSc1ccccc1F)NCC1CCCO1. The average molecular weight is 269 g/mol. The molecule has 0 bridgehead atoms. The van der Waals surface area contributed by atoms with Gasteiger partial charge in [-0.2, -0.15) is 0 Å². The summed E-state index contributed by atoms with van der Waals surface area (Å²) in [5.74, 6) is -0.138. The van der Waals surface area contributed by atoms with Gasteiger partial charge in [-0.1, -0.05) is 12.1 Å². The van der Waals surface area contributed by atoms with E-state index in [1.165, 1.54) is 17.8 Å². The molecule has 1 aromatic rings. The second kappa shape index (κ2) is 6.75. The van der Waals surface area contributed by atoms with Crippen molar-refractivity contribution in [1.82, 2.24) is 5.32 Å². The first-order valence-electron chi connectivity index (χ1n) is 6.01. The lowest BCUT2D eigenvalue weighted by Gasteiger charge is -2.10. The smallest absolute Gasteiger partial charge is 0.230 e. The van der Waals surface area contributed by atoms with Crippen LogP contribution in [0.15, 0.2) is 29.2 Å². The molecular formula is C13H16FNO2S. The summed E-state index contributed by atoms with van der Waals surface area (Å²) in [6.45, 7) is 1.33. The molecule has 1 aromatic carbocycles. The zero-order valence-corrected chi connectivity index (χ0v) is 10.8. The van der Waals surface area contributed by atoms with Gasteiger partial charge in [0.05, 0.1) is 11.9 Å². The highest BCUT2D eigenvalue weighted by molar-refractivity contribution is 8.00. The van der Waals surface area contributed by atoms with E-state index in [0.717, 1.165) is 19.4 Å². The van der Waals surface area contributed by atoms with Crippen LogP contribution in [-0.2, 0) is 9.53 Å². The molecule has 1 unspecified atom stereocenters. The van der Waals surface area contributed by atoms with E-state index in [4.69, 9.17) is 4.74 Å². The van der Waals surface area contributed by atoms with Crippen LogP contribution in [0, 0.1) is 5.82 Å². The van der Waals surface area contributed by atoms with Crippen LogP contribution in [0.5, 0.6) is 0 Å². The fourth-order valence-corrected chi connectivity index (χ4v) is 2.56. The standard InChI is InChI=1S/C13H16FNO2S/c14-11-5-1-2-6-12(11)18-9-13(16)15-8-10-4-3-7-17-10/h1-2,5-6,10H,3-4,7-9H2,(H,15,16). The summed E-state index contributed by atoms with van der Waals surface area (Å²) in [6.07, 6.45) is 2.21. The van der Waals surface area contributed by atoms with Gasteiger partial charge in [-0.05, 0) is 25.0 Å². The number of hydrogen-bond acceptors (Lipinski definition) is 3. The third-order valence-corrected chi connectivity index (χ3v) is 3.79. The first-order valence-corrected chi connectivity index (χ1v) is 7.00. The molecule has 1 fully saturated rings. The van der Waals surface area contributed by atoms with Crippen molar-refractivity contribution in [2.24, 2.45) is 0 Å². The number of amides is 1. The predicted molar refractivity (Wildman–Crippen MR) is 69.1 cm³/mol. The molecule has 18 heavy (non-hydrogen) atoms. The summed E-state index contributed by atoms with van der Waals surface area (Å²) in [6, 6.07) is 6.46. The van der Waals surface area contributed by atoms with Gasteiger partial charge in [-0.15, -0.1) is 11.8 Å². The highest BCUT2D eigenvalue weighted by atomic mass is 32.2. The van der Waals surface area contributed by atoms with Gasteiger partial charge in [0.1, 0.15) is 5.82 Å². The van der Waals surface area contributed by atoms with Crippen molar-refractivity contribution in [2.45, 2.75) is 23.8 Å². The van der Waals surface area contributed by atoms with E-state index in [1.54, 1.807) is 18.2 Å². The van der Waals surface area contributed by atoms with Crippen molar-refractivity contribution in [3.8, 4) is 0 Å². The Bertz CT molecular complexity index is 408. The Morgan fingerprint density at radius 2 is 2.33 bits per heavy atom. The van der Waals surface area contributed by atoms with Gasteiger partial charge in [0.25, 0.3) is 0 Å². The van der Waals surface area contributed by atoms with Crippen LogP contribution in [-0.4, -0.2) is 30.9 Å². The topological polar surface area (TPSA) is 38.3 Å². The van der Waals surface area contributed by atoms with Gasteiger partial charge < -0.3 is 10.1 Å². The highest BCUT2D eigenvalue weighted by Gasteiger charge is 2.16. The Morgan fingerprint density at radius 1 is 1.50 bits per heavy atom. The molecule has 0 radical (unpaired) electrons. The van der Waals surface area contributed by atoms with Crippen LogP contribution < -0.4 is 5.32 Å². The summed E-state index contributed by atoms with van der Waals surface area (Å²) in [5, 5.41) is 2.81. The Morgan fingerprint density at radius 3 is 3.06 bits per heavy atom. The summed E-state index contributed by atoms with van der Waals surface area (Å²) in [7, 11) is 0. The van der Waals surface area contributed by atoms with Crippen LogP contribution in [0.1, 0.15) is 12.8 Å². The lowest BCUT2D eigenvalue weighted by molar-refractivity contribution is -0.119. The Hall–Kier alpha value is -1.07. The minimum absolute atomic E-state index is 0.0845. The lowest BCUT2D eigenvalue weighted by atomic mass is 10.2. The molecule has 0 aromatic heterocycles. The van der Waals surface area contributed by atoms with E-state index in [9.17, 15) is 9.18 Å². The summed E-state index contributed by atoms with van der Waals surface area (Å²) in [4.78, 5) is 12.1. The minimum Gasteiger partial charge on any atom is -0.376 e. The van der Waals surface area contributed by atoms with Crippen molar-refractivity contribution in [2.75, 3.05) is 18.9 Å². The molecule has 1 N–H and O–H groups in total. The van der Waals surface area contributed by atoms with Crippen LogP contribution in [0.2, 0.25) is 0 Å². The third-order valence-electron chi connectivity index (χ3n) is 2.75. The zero-order valence-electron chi connectivity index (χ0n) is 10.0. The maximum Gasteiger partial charge on any atom is 0.230 e. The van der Waals surface area contributed by atoms with E-state index in [1.807, 2.05) is 0 Å². The molecule has 2 rings (SSSR count). The van der Waals surface area contributed by atoms with Gasteiger partial charge in [0.2, 0.25) is 5.91 Å². The monoisotopic (exact) mass is 269 g/mol. The number of carbonyl (C=O) groups excluding carboxylic acids is 1. The zero-order chi connectivity index (χ0) is 12.8. The molecule has 1 atom stereocenters. The van der Waals surface area contributed by atoms with Gasteiger partial charge in [-0.3, -0.25) is 4.79 Å². The lowest BCUT2D eigenvalue weighted by Crippen LogP contribution is -2.32. The first-order chi connectivity index (χ1) is 8.75. The van der Waals surface area contributed by atoms with Crippen LogP contribution in [0.25, 0.3) is 0 Å². The fraction of sp³-hybridized carbons (Fsp3) is 0.462. The molecule has 0 spiro atoms. The van der Waals surface area contributed by atoms with E-state index >= 15 is 0 Å². The van der Waals surface area contributed by atoms with Gasteiger partial charge in [0, 0.05) is 18.0 Å². The van der Waals surface area contributed by atoms with Crippen molar-refractivity contribution >= 4 is 17.7 Å². The van der Waals surface area contributed by atoms with E-state index in [-0.39, 0.29) is 23.6 Å². The Balaban J connectivity index is 1.69. The van der Waals surface area contributed by atoms with Crippen molar-refractivity contribution in [1.29, 1.82) is 0 Å². The maximum atomic E-state index is 13.3. The van der Waals surface area contributed by atoms with Crippen LogP contribution in [0.4, 0.5) is 4.39 Å². The third kappa shape index (κ3) is 3.99. The Labute approximate surface area is 110 Å². The summed E-state index contributed by atoms with van der Waals surface area (Å²) >= 11 is 1.21. The normalized spacial score (nSPS) is 18.8. The molecule has 1 heterocycles. The minimum atomic E-state index is -0.283. The van der Waals surface area contributed by atoms with E-state index < -0.39 is 0 Å². The number of ether oxygens (including phenoxy) is 1. The maximum absolute atomic E-state index is 13.3. The Kier molecular flexibility index (Phi) is 5.01. The second-order valence-corrected chi connectivity index (χ2v) is 5.18. The number of halogens is 1. The molecule has 3 nitrogen and oxygen atoms in total. The average Bonchev–Trinajstić information content (AvgIpc) is 2.88. The quantitative estimate of drug-likeness (QED) is 0.833. The number of rotatable bonds is 5. The van der Waals surface area contributed by atoms with Crippen molar-refractivity contribution < 1.29 is 13.9 Å². The number of hydrogen-bond donors (Lipinski definition) is 1. The van der Waals surface area contributed by atoms with Gasteiger partial charge >= 0.3 is 0 Å². The largest absolute Gasteiger partial charge is 0.376 e. The molecule has 0 aliphatic carbocycles. The van der Waals surface area contributed by atoms with E-state index in [2.05, 4.69) is 5.32 Å². The predicted octanol–water partition coefficient (Wildman–Crippen LogP) is 2.21. The molecule has 1 aliphatic heterocycles. The number of benzene rings is 1. The summed E-state index contributed by atoms with van der Waals surface area (Å²) in [5.41, 5.74) is 0. The molecule has 1 aliphatic rings. The molecule has 5 heteroatoms. The number of nitrogens with one attached hydrogen (secondary N) is 1. The number of thioether (sulfide) groups is 1. The molecule has 98 valence electrons. The highest BCUT2D eigenvalue weighted by Crippen LogP contribution is 2.20. The second-order valence-electron chi connectivity index (χ2n) is 4.16. The van der Waals surface area contributed by atoms with Crippen LogP contribution in [0.3, 0.4) is 0 Å². The van der Waals surface area contributed by atoms with Crippen molar-refractivity contribution in [3.63, 3.8) is 0 Å². The van der Waals surface area contributed by atoms with Gasteiger partial charge in [-0.25, -0.2) is 4.39 Å². The first kappa shape index (κ1) is 13.4. The number of carbonyl (C=O) groups is 1. The fourth-order valence-electron chi connectivity index (χ4n) is 1.79. The molecule has 1 saturated heterocycles. The van der Waals surface area contributed by atoms with E-state index in [0.29, 0.717) is 11.4 Å². The van der Waals surface area contributed by atoms with Gasteiger partial charge in [0.15, 0.2) is 0 Å². The molecule has 1 amide bonds. The van der Waals surface area contributed by atoms with Crippen LogP contribution >= 0.6 is 11.8 Å². The molecule has 0 saturated carbocycles.